The molecular weight excluding hydrogens is 475 g/mol. The lowest BCUT2D eigenvalue weighted by Crippen LogP contribution is -2.33. The van der Waals surface area contributed by atoms with Crippen molar-refractivity contribution in [1.29, 1.82) is 5.26 Å². The number of allylic oxidation sites excluding steroid dienone is 3. The number of nitrogens with zero attached hydrogens (tertiary/aromatic N) is 1. The lowest BCUT2D eigenvalue weighted by Gasteiger charge is -2.37. The topological polar surface area (TPSA) is 94.6 Å². The van der Waals surface area contributed by atoms with Crippen LogP contribution in [-0.2, 0) is 16.1 Å². The van der Waals surface area contributed by atoms with Gasteiger partial charge in [-0.1, -0.05) is 49.2 Å². The monoisotopic (exact) mass is 498 g/mol. The zero-order valence-corrected chi connectivity index (χ0v) is 20.6. The van der Waals surface area contributed by atoms with E-state index in [2.05, 4.69) is 6.07 Å². The van der Waals surface area contributed by atoms with Crippen LogP contribution in [0.5, 0.6) is 11.5 Å². The Morgan fingerprint density at radius 1 is 1.15 bits per heavy atom. The van der Waals surface area contributed by atoms with Crippen LogP contribution in [0.3, 0.4) is 0 Å². The molecule has 2 N–H and O–H groups in total. The zero-order valence-electron chi connectivity index (χ0n) is 19.1. The number of benzene rings is 2. The molecule has 0 saturated heterocycles. The molecule has 6 nitrogen and oxygen atoms in total. The summed E-state index contributed by atoms with van der Waals surface area (Å²) in [4.78, 5) is 13.1. The van der Waals surface area contributed by atoms with Crippen LogP contribution in [0.1, 0.15) is 43.7 Å². The number of carbonyl (C=O) groups excluding carboxylic acids is 1. The fourth-order valence-electron chi connectivity index (χ4n) is 4.39. The number of ketones is 1. The first-order valence-corrected chi connectivity index (χ1v) is 11.5. The van der Waals surface area contributed by atoms with Gasteiger partial charge in [0.15, 0.2) is 17.3 Å². The highest BCUT2D eigenvalue weighted by atomic mass is 35.5. The van der Waals surface area contributed by atoms with E-state index in [4.69, 9.17) is 43.1 Å². The lowest BCUT2D eigenvalue weighted by molar-refractivity contribution is -0.119. The Hall–Kier alpha value is -3.14. The van der Waals surface area contributed by atoms with Crippen molar-refractivity contribution in [1.82, 2.24) is 0 Å². The number of hydrogen-bond donors (Lipinski definition) is 1. The molecule has 34 heavy (non-hydrogen) atoms. The molecule has 2 aromatic rings. The molecule has 0 saturated carbocycles. The molecule has 0 fully saturated rings. The van der Waals surface area contributed by atoms with Crippen molar-refractivity contribution in [3.8, 4) is 17.6 Å². The van der Waals surface area contributed by atoms with E-state index in [0.29, 0.717) is 51.3 Å². The number of rotatable bonds is 5. The number of ether oxygens (including phenoxy) is 3. The second-order valence-corrected chi connectivity index (χ2v) is 9.96. The molecule has 0 bridgehead atoms. The number of nitriles is 1. The van der Waals surface area contributed by atoms with Gasteiger partial charge in [0.2, 0.25) is 5.88 Å². The van der Waals surface area contributed by atoms with E-state index >= 15 is 0 Å². The van der Waals surface area contributed by atoms with Crippen LogP contribution < -0.4 is 15.2 Å². The third-order valence-electron chi connectivity index (χ3n) is 5.97. The Kier molecular flexibility index (Phi) is 6.53. The molecule has 0 aromatic heterocycles. The Morgan fingerprint density at radius 3 is 2.59 bits per heavy atom. The minimum atomic E-state index is -0.629. The molecular formula is C26H24Cl2N2O4. The van der Waals surface area contributed by atoms with E-state index in [9.17, 15) is 10.1 Å². The van der Waals surface area contributed by atoms with E-state index in [1.807, 2.05) is 26.0 Å². The maximum absolute atomic E-state index is 13.1. The van der Waals surface area contributed by atoms with Crippen LogP contribution in [0.2, 0.25) is 10.0 Å². The van der Waals surface area contributed by atoms with Gasteiger partial charge in [-0.2, -0.15) is 5.26 Å². The fraction of sp³-hybridized carbons (Fsp3) is 0.308. The minimum Gasteiger partial charge on any atom is -0.493 e. The molecule has 8 heteroatoms. The van der Waals surface area contributed by atoms with Crippen LogP contribution in [-0.4, -0.2) is 12.9 Å². The number of hydrogen-bond acceptors (Lipinski definition) is 6. The van der Waals surface area contributed by atoms with Crippen molar-refractivity contribution in [3.63, 3.8) is 0 Å². The van der Waals surface area contributed by atoms with Gasteiger partial charge in [0.05, 0.1) is 23.1 Å². The molecule has 1 aliphatic heterocycles. The number of Topliss-reactive ketones (excluding diaryl/α,β-unsaturated/α-hetero) is 1. The van der Waals surface area contributed by atoms with E-state index in [1.54, 1.807) is 24.3 Å². The van der Waals surface area contributed by atoms with Crippen molar-refractivity contribution in [3.05, 3.63) is 80.4 Å². The average molecular weight is 499 g/mol. The molecule has 0 amide bonds. The number of carbonyl (C=O) groups is 1. The number of halogens is 2. The summed E-state index contributed by atoms with van der Waals surface area (Å²) in [7, 11) is 1.53. The summed E-state index contributed by atoms with van der Waals surface area (Å²) in [5.74, 6) is 0.846. The van der Waals surface area contributed by atoms with Gasteiger partial charge >= 0.3 is 0 Å². The van der Waals surface area contributed by atoms with Crippen LogP contribution in [0.4, 0.5) is 0 Å². The first-order valence-electron chi connectivity index (χ1n) is 10.7. The highest BCUT2D eigenvalue weighted by Gasteiger charge is 2.43. The van der Waals surface area contributed by atoms with Gasteiger partial charge in [-0.05, 0) is 40.8 Å². The molecule has 0 radical (unpaired) electrons. The van der Waals surface area contributed by atoms with E-state index in [1.165, 1.54) is 7.11 Å². The quantitative estimate of drug-likeness (QED) is 0.540. The maximum Gasteiger partial charge on any atom is 0.205 e. The predicted octanol–water partition coefficient (Wildman–Crippen LogP) is 6.03. The SMILES string of the molecule is COc1cc(C2C(C#N)=C(N)OC3=C2C(=O)CC(C)(C)C3)ccc1OCc1ccc(Cl)c(Cl)c1. The first-order chi connectivity index (χ1) is 16.1. The van der Waals surface area contributed by atoms with Crippen LogP contribution in [0.25, 0.3) is 0 Å². The Bertz CT molecular complexity index is 1270. The second-order valence-electron chi connectivity index (χ2n) is 9.15. The summed E-state index contributed by atoms with van der Waals surface area (Å²) >= 11 is 12.1. The summed E-state index contributed by atoms with van der Waals surface area (Å²) < 4.78 is 17.3. The maximum atomic E-state index is 13.1. The molecule has 0 spiro atoms. The number of methoxy groups -OCH3 is 1. The fourth-order valence-corrected chi connectivity index (χ4v) is 4.71. The van der Waals surface area contributed by atoms with Gasteiger partial charge in [-0.15, -0.1) is 0 Å². The van der Waals surface area contributed by atoms with Gasteiger partial charge in [-0.25, -0.2) is 0 Å². The average Bonchev–Trinajstić information content (AvgIpc) is 2.78. The van der Waals surface area contributed by atoms with Crippen molar-refractivity contribution in [2.75, 3.05) is 7.11 Å². The van der Waals surface area contributed by atoms with E-state index in [0.717, 1.165) is 5.56 Å². The highest BCUT2D eigenvalue weighted by Crippen LogP contribution is 2.48. The lowest BCUT2D eigenvalue weighted by atomic mass is 9.70. The van der Waals surface area contributed by atoms with Crippen LogP contribution >= 0.6 is 23.2 Å². The molecule has 1 atom stereocenters. The Morgan fingerprint density at radius 2 is 1.91 bits per heavy atom. The molecule has 176 valence electrons. The van der Waals surface area contributed by atoms with Crippen LogP contribution in [0, 0.1) is 16.7 Å². The first kappa shape index (κ1) is 24.0. The molecule has 4 rings (SSSR count). The molecule has 2 aromatic carbocycles. The summed E-state index contributed by atoms with van der Waals surface area (Å²) in [6, 6.07) is 12.7. The van der Waals surface area contributed by atoms with Crippen molar-refractivity contribution in [2.45, 2.75) is 39.2 Å². The van der Waals surface area contributed by atoms with Crippen molar-refractivity contribution < 1.29 is 19.0 Å². The number of nitrogens with two attached hydrogens (primary N) is 1. The van der Waals surface area contributed by atoms with Crippen LogP contribution in [0.15, 0.2) is 59.2 Å². The highest BCUT2D eigenvalue weighted by molar-refractivity contribution is 6.42. The van der Waals surface area contributed by atoms with Crippen molar-refractivity contribution in [2.24, 2.45) is 11.1 Å². The minimum absolute atomic E-state index is 0.0238. The summed E-state index contributed by atoms with van der Waals surface area (Å²) in [5.41, 5.74) is 8.09. The van der Waals surface area contributed by atoms with Gasteiger partial charge in [0.25, 0.3) is 0 Å². The third-order valence-corrected chi connectivity index (χ3v) is 6.71. The molecule has 1 aliphatic carbocycles. The smallest absolute Gasteiger partial charge is 0.205 e. The summed E-state index contributed by atoms with van der Waals surface area (Å²) in [6.07, 6.45) is 0.929. The Labute approximate surface area is 208 Å². The normalized spacial score (nSPS) is 19.3. The molecule has 1 heterocycles. The van der Waals surface area contributed by atoms with Gasteiger partial charge in [0, 0.05) is 18.4 Å². The summed E-state index contributed by atoms with van der Waals surface area (Å²) in [5, 5.41) is 10.7. The van der Waals surface area contributed by atoms with Gasteiger partial charge in [-0.3, -0.25) is 4.79 Å². The van der Waals surface area contributed by atoms with Crippen molar-refractivity contribution >= 4 is 29.0 Å². The predicted molar refractivity (Wildman–Crippen MR) is 129 cm³/mol. The third kappa shape index (κ3) is 4.59. The van der Waals surface area contributed by atoms with E-state index < -0.39 is 5.92 Å². The molecule has 1 unspecified atom stereocenters. The largest absolute Gasteiger partial charge is 0.493 e. The van der Waals surface area contributed by atoms with E-state index in [-0.39, 0.29) is 29.3 Å². The summed E-state index contributed by atoms with van der Waals surface area (Å²) in [6.45, 7) is 4.27. The second kappa shape index (κ2) is 9.25. The standard InChI is InChI=1S/C26H24Cl2N2O4/c1-26(2)10-19(31)24-22(11-26)34-25(30)16(12-29)23(24)15-5-7-20(21(9-15)32-3)33-13-14-4-6-17(27)18(28)8-14/h4-9,23H,10-11,13,30H2,1-3H3. The Balaban J connectivity index is 1.69. The van der Waals surface area contributed by atoms with Gasteiger partial charge < -0.3 is 19.9 Å². The molecule has 2 aliphatic rings. The zero-order chi connectivity index (χ0) is 24.6. The van der Waals surface area contributed by atoms with Gasteiger partial charge in [0.1, 0.15) is 24.0 Å².